The largest absolute Gasteiger partial charge is 0.455 e. The third-order valence-corrected chi connectivity index (χ3v) is 13.4. The van der Waals surface area contributed by atoms with E-state index in [0.717, 1.165) is 72.3 Å². The highest BCUT2D eigenvalue weighted by molar-refractivity contribution is 6.19. The monoisotopic (exact) mass is 854 g/mol. The fraction of sp³-hybridized carbons (Fsp3) is 0. The van der Waals surface area contributed by atoms with Crippen LogP contribution in [0.3, 0.4) is 0 Å². The maximum absolute atomic E-state index is 6.62. The number of hydrogen-bond donors (Lipinski definition) is 0. The van der Waals surface area contributed by atoms with Gasteiger partial charge in [0.05, 0.1) is 11.0 Å². The zero-order valence-corrected chi connectivity index (χ0v) is 36.6. The molecule has 3 nitrogen and oxygen atoms in total. The van der Waals surface area contributed by atoms with Gasteiger partial charge in [0.25, 0.3) is 0 Å². The van der Waals surface area contributed by atoms with Crippen LogP contribution in [0, 0.1) is 0 Å². The summed E-state index contributed by atoms with van der Waals surface area (Å²) in [6, 6.07) is 91.8. The van der Waals surface area contributed by atoms with Gasteiger partial charge in [-0.2, -0.15) is 0 Å². The number of benzene rings is 11. The molecule has 13 aromatic rings. The van der Waals surface area contributed by atoms with Crippen molar-refractivity contribution in [1.82, 2.24) is 4.57 Å². The smallest absolute Gasteiger partial charge is 0.143 e. The molecule has 314 valence electrons. The Balaban J connectivity index is 0.901. The van der Waals surface area contributed by atoms with Gasteiger partial charge in [-0.05, 0) is 123 Å². The number of aromatic nitrogens is 1. The second kappa shape index (κ2) is 16.0. The molecule has 0 spiro atoms. The zero-order valence-electron chi connectivity index (χ0n) is 36.6. The van der Waals surface area contributed by atoms with Crippen LogP contribution in [0.2, 0.25) is 0 Å². The molecule has 0 aliphatic rings. The third-order valence-electron chi connectivity index (χ3n) is 13.4. The molecular formula is C64H42N2O. The fourth-order valence-corrected chi connectivity index (χ4v) is 10.2. The third kappa shape index (κ3) is 6.67. The highest BCUT2D eigenvalue weighted by Crippen LogP contribution is 2.43. The quantitative estimate of drug-likeness (QED) is 0.152. The molecule has 11 aromatic carbocycles. The Morgan fingerprint density at radius 2 is 0.836 bits per heavy atom. The van der Waals surface area contributed by atoms with Crippen molar-refractivity contribution in [3.05, 3.63) is 255 Å². The molecule has 0 aliphatic heterocycles. The summed E-state index contributed by atoms with van der Waals surface area (Å²) in [5, 5.41) is 7.06. The highest BCUT2D eigenvalue weighted by atomic mass is 16.3. The number of anilines is 3. The van der Waals surface area contributed by atoms with E-state index in [1.165, 1.54) is 49.4 Å². The van der Waals surface area contributed by atoms with Crippen LogP contribution in [0.4, 0.5) is 17.1 Å². The SMILES string of the molecule is c1ccc(-c2ccc(-c3ccc(N(c4ccc(-c5cccc(-n6c7ccccc7c7ccccc76)c5)cc4)c4cccc(-c5cccc6oc7c8ccccc8ccc7c56)c4)cc3)cc2)cc1. The van der Waals surface area contributed by atoms with E-state index in [2.05, 4.69) is 264 Å². The van der Waals surface area contributed by atoms with Crippen molar-refractivity contribution < 1.29 is 4.42 Å². The first-order chi connectivity index (χ1) is 33.2. The second-order valence-electron chi connectivity index (χ2n) is 17.3. The lowest BCUT2D eigenvalue weighted by molar-refractivity contribution is 0.673. The van der Waals surface area contributed by atoms with Gasteiger partial charge in [0.15, 0.2) is 0 Å². The lowest BCUT2D eigenvalue weighted by Crippen LogP contribution is -2.10. The molecule has 0 radical (unpaired) electrons. The standard InChI is InChI=1S/C64H42N2O/c1-2-13-43(14-3-1)44-27-29-45(30-28-44)46-31-36-51(37-32-46)65(53-18-11-17-50(42-53)55-23-12-26-62-63(55)59-40-35-48-15-4-5-20-56(48)64(59)67-62)52-38-33-47(34-39-52)49-16-10-19-54(41-49)66-60-24-8-6-21-57(60)58-22-7-9-25-61(58)66/h1-42H. The van der Waals surface area contributed by atoms with E-state index >= 15 is 0 Å². The summed E-state index contributed by atoms with van der Waals surface area (Å²) >= 11 is 0. The minimum absolute atomic E-state index is 0.885. The summed E-state index contributed by atoms with van der Waals surface area (Å²) in [5.74, 6) is 0. The van der Waals surface area contributed by atoms with E-state index < -0.39 is 0 Å². The first kappa shape index (κ1) is 38.5. The number of hydrogen-bond acceptors (Lipinski definition) is 2. The van der Waals surface area contributed by atoms with E-state index in [-0.39, 0.29) is 0 Å². The van der Waals surface area contributed by atoms with Crippen LogP contribution in [-0.2, 0) is 0 Å². The normalized spacial score (nSPS) is 11.6. The Morgan fingerprint density at radius 1 is 0.313 bits per heavy atom. The lowest BCUT2D eigenvalue weighted by Gasteiger charge is -2.26. The van der Waals surface area contributed by atoms with E-state index in [0.29, 0.717) is 0 Å². The van der Waals surface area contributed by atoms with Crippen molar-refractivity contribution in [2.24, 2.45) is 0 Å². The Bertz CT molecular complexity index is 3900. The summed E-state index contributed by atoms with van der Waals surface area (Å²) in [6.07, 6.45) is 0. The Kier molecular flexibility index (Phi) is 9.17. The lowest BCUT2D eigenvalue weighted by atomic mass is 9.97. The molecule has 0 atom stereocenters. The van der Waals surface area contributed by atoms with Crippen LogP contribution in [0.5, 0.6) is 0 Å². The zero-order chi connectivity index (χ0) is 44.3. The molecule has 0 amide bonds. The average Bonchev–Trinajstić information content (AvgIpc) is 3.96. The van der Waals surface area contributed by atoms with E-state index in [4.69, 9.17) is 4.42 Å². The molecular weight excluding hydrogens is 813 g/mol. The molecule has 0 N–H and O–H groups in total. The number of para-hydroxylation sites is 2. The first-order valence-corrected chi connectivity index (χ1v) is 22.9. The maximum atomic E-state index is 6.62. The Morgan fingerprint density at radius 3 is 1.52 bits per heavy atom. The molecule has 3 heteroatoms. The van der Waals surface area contributed by atoms with Crippen molar-refractivity contribution in [3.63, 3.8) is 0 Å². The van der Waals surface area contributed by atoms with E-state index in [1.54, 1.807) is 0 Å². The van der Waals surface area contributed by atoms with Gasteiger partial charge >= 0.3 is 0 Å². The molecule has 0 saturated carbocycles. The minimum atomic E-state index is 0.885. The van der Waals surface area contributed by atoms with Crippen LogP contribution >= 0.6 is 0 Å². The Labute approximate surface area is 388 Å². The van der Waals surface area contributed by atoms with Crippen molar-refractivity contribution in [2.45, 2.75) is 0 Å². The van der Waals surface area contributed by atoms with Crippen LogP contribution in [0.15, 0.2) is 259 Å². The van der Waals surface area contributed by atoms with Crippen LogP contribution in [0.25, 0.3) is 105 Å². The molecule has 0 fully saturated rings. The molecule has 0 saturated heterocycles. The maximum Gasteiger partial charge on any atom is 0.143 e. The van der Waals surface area contributed by atoms with Crippen molar-refractivity contribution >= 4 is 71.6 Å². The van der Waals surface area contributed by atoms with Crippen LogP contribution < -0.4 is 4.90 Å². The van der Waals surface area contributed by atoms with Crippen molar-refractivity contribution in [3.8, 4) is 50.2 Å². The van der Waals surface area contributed by atoms with Gasteiger partial charge in [-0.1, -0.05) is 182 Å². The molecule has 0 aliphatic carbocycles. The Hall–Kier alpha value is -8.92. The molecule has 2 aromatic heterocycles. The molecule has 0 bridgehead atoms. The number of fused-ring (bicyclic) bond motifs is 8. The van der Waals surface area contributed by atoms with Gasteiger partial charge in [-0.15, -0.1) is 0 Å². The van der Waals surface area contributed by atoms with Gasteiger partial charge in [0, 0.05) is 49.7 Å². The van der Waals surface area contributed by atoms with Crippen LogP contribution in [0.1, 0.15) is 0 Å². The summed E-state index contributed by atoms with van der Waals surface area (Å²) in [6.45, 7) is 0. The number of furan rings is 1. The van der Waals surface area contributed by atoms with E-state index in [1.807, 2.05) is 0 Å². The van der Waals surface area contributed by atoms with Gasteiger partial charge in [0.1, 0.15) is 11.2 Å². The van der Waals surface area contributed by atoms with Crippen molar-refractivity contribution in [1.29, 1.82) is 0 Å². The summed E-state index contributed by atoms with van der Waals surface area (Å²) < 4.78 is 9.01. The summed E-state index contributed by atoms with van der Waals surface area (Å²) in [4.78, 5) is 2.37. The van der Waals surface area contributed by atoms with Gasteiger partial charge < -0.3 is 13.9 Å². The molecule has 0 unspecified atom stereocenters. The van der Waals surface area contributed by atoms with Crippen LogP contribution in [-0.4, -0.2) is 4.57 Å². The van der Waals surface area contributed by atoms with Gasteiger partial charge in [-0.3, -0.25) is 0 Å². The summed E-state index contributed by atoms with van der Waals surface area (Å²) in [7, 11) is 0. The summed E-state index contributed by atoms with van der Waals surface area (Å²) in [5.41, 5.74) is 17.9. The van der Waals surface area contributed by atoms with Gasteiger partial charge in [0.2, 0.25) is 0 Å². The molecule has 67 heavy (non-hydrogen) atoms. The number of rotatable bonds is 8. The van der Waals surface area contributed by atoms with Gasteiger partial charge in [-0.25, -0.2) is 0 Å². The van der Waals surface area contributed by atoms with E-state index in [9.17, 15) is 0 Å². The highest BCUT2D eigenvalue weighted by Gasteiger charge is 2.19. The minimum Gasteiger partial charge on any atom is -0.455 e. The predicted octanol–water partition coefficient (Wildman–Crippen LogP) is 18.0. The predicted molar refractivity (Wildman–Crippen MR) is 282 cm³/mol. The average molecular weight is 855 g/mol. The molecule has 13 rings (SSSR count). The number of nitrogens with zero attached hydrogens (tertiary/aromatic N) is 2. The second-order valence-corrected chi connectivity index (χ2v) is 17.3. The fourth-order valence-electron chi connectivity index (χ4n) is 10.2. The van der Waals surface area contributed by atoms with Crippen molar-refractivity contribution in [2.75, 3.05) is 4.90 Å². The topological polar surface area (TPSA) is 21.3 Å². The first-order valence-electron chi connectivity index (χ1n) is 22.9. The molecule has 2 heterocycles.